The number of nitrogens with zero attached hydrogens (tertiary/aromatic N) is 4. The number of rotatable bonds is 14. The van der Waals surface area contributed by atoms with Crippen LogP contribution in [0.25, 0.3) is 0 Å². The van der Waals surface area contributed by atoms with Crippen molar-refractivity contribution in [2.75, 3.05) is 21.3 Å². The molecule has 5 rings (SSSR count). The molecule has 4 N–H and O–H groups in total. The Balaban J connectivity index is 1.26. The van der Waals surface area contributed by atoms with Crippen LogP contribution >= 0.6 is 92.8 Å². The number of carbonyl (C=O) groups excluding carboxylic acids is 6. The average Bonchev–Trinajstić information content (AvgIpc) is 3.21. The highest BCUT2D eigenvalue weighted by Gasteiger charge is 2.27. The van der Waals surface area contributed by atoms with E-state index in [0.717, 1.165) is 13.8 Å². The molecule has 5 aromatic carbocycles. The van der Waals surface area contributed by atoms with Crippen LogP contribution in [0.15, 0.2) is 93.3 Å². The summed E-state index contributed by atoms with van der Waals surface area (Å²) < 4.78 is 0. The molecule has 0 spiro atoms. The van der Waals surface area contributed by atoms with E-state index in [4.69, 9.17) is 92.8 Å². The molecule has 2 atom stereocenters. The fourth-order valence-electron chi connectivity index (χ4n) is 5.49. The fourth-order valence-corrected chi connectivity index (χ4v) is 7.08. The van der Waals surface area contributed by atoms with Crippen LogP contribution in [0.3, 0.4) is 0 Å². The van der Waals surface area contributed by atoms with E-state index in [1.165, 1.54) is 72.8 Å². The van der Waals surface area contributed by atoms with E-state index in [0.29, 0.717) is 11.1 Å². The molecule has 0 saturated heterocycles. The second kappa shape index (κ2) is 21.7. The summed E-state index contributed by atoms with van der Waals surface area (Å²) in [4.78, 5) is 78.2. The average molecular weight is 1030 g/mol. The lowest BCUT2D eigenvalue weighted by molar-refractivity contribution is -0.127. The lowest BCUT2D eigenvalue weighted by Gasteiger charge is -2.16. The summed E-state index contributed by atoms with van der Waals surface area (Å²) in [5.41, 5.74) is 1.96. The Kier molecular flexibility index (Phi) is 16.9. The third kappa shape index (κ3) is 12.5. The van der Waals surface area contributed by atoms with Crippen LogP contribution in [-0.4, -0.2) is 47.3 Å². The van der Waals surface area contributed by atoms with Gasteiger partial charge in [-0.2, -0.15) is 20.5 Å². The number of Topliss-reactive ketones (excluding diaryl/α,β-unsaturated/α-hetero) is 2. The first-order chi connectivity index (χ1) is 30.1. The molecule has 64 heavy (non-hydrogen) atoms. The third-order valence-electron chi connectivity index (χ3n) is 8.84. The third-order valence-corrected chi connectivity index (χ3v) is 11.6. The number of nitrogens with one attached hydrogen (secondary N) is 4. The maximum atomic E-state index is 13.4. The van der Waals surface area contributed by atoms with Crippen molar-refractivity contribution in [3.05, 3.63) is 135 Å². The first-order valence-electron chi connectivity index (χ1n) is 18.2. The molecular formula is C42H30Cl8N8O6. The van der Waals surface area contributed by atoms with Crippen LogP contribution in [0.2, 0.25) is 40.2 Å². The summed E-state index contributed by atoms with van der Waals surface area (Å²) in [6, 6.07) is 13.6. The second-order valence-electron chi connectivity index (χ2n) is 13.6. The zero-order valence-corrected chi connectivity index (χ0v) is 39.4. The van der Waals surface area contributed by atoms with Gasteiger partial charge < -0.3 is 21.3 Å². The van der Waals surface area contributed by atoms with E-state index >= 15 is 0 Å². The lowest BCUT2D eigenvalue weighted by atomic mass is 10.1. The van der Waals surface area contributed by atoms with Crippen LogP contribution in [0, 0.1) is 13.8 Å². The van der Waals surface area contributed by atoms with Crippen molar-refractivity contribution in [1.29, 1.82) is 0 Å². The van der Waals surface area contributed by atoms with Gasteiger partial charge in [-0.25, -0.2) is 0 Å². The zero-order chi connectivity index (χ0) is 47.2. The van der Waals surface area contributed by atoms with E-state index in [2.05, 4.69) is 41.7 Å². The Labute approximate surface area is 405 Å². The van der Waals surface area contributed by atoms with Crippen molar-refractivity contribution in [1.82, 2.24) is 0 Å². The molecule has 2 unspecified atom stereocenters. The molecule has 0 heterocycles. The van der Waals surface area contributed by atoms with E-state index in [1.54, 1.807) is 13.8 Å². The molecule has 0 aliphatic carbocycles. The van der Waals surface area contributed by atoms with Crippen molar-refractivity contribution >= 4 is 162 Å². The molecule has 14 nitrogen and oxygen atoms in total. The van der Waals surface area contributed by atoms with Gasteiger partial charge in [0, 0.05) is 11.4 Å². The summed E-state index contributed by atoms with van der Waals surface area (Å²) >= 11 is 49.0. The van der Waals surface area contributed by atoms with Crippen molar-refractivity contribution in [3.8, 4) is 0 Å². The number of carbonyl (C=O) groups is 6. The largest absolute Gasteiger partial charge is 0.324 e. The second-order valence-corrected chi connectivity index (χ2v) is 16.9. The number of amides is 4. The van der Waals surface area contributed by atoms with Crippen LogP contribution in [0.5, 0.6) is 0 Å². The standard InChI is InChI=1S/C42H30Cl8N8O6/c1-17-9-34(52-42(64)38(20(4)60)58-56-22-6-8-26(44)24(12-22)40(62)54-36-16-30(48)28(46)14-32(36)50)18(2)10-33(17)51-41(63)37(19(3)59)57-55-21-5-7-25(43)23(11-21)39(61)53-35-15-29(47)27(45)13-31(35)49/h5-16,37-38H,1-4H3,(H,51,63)(H,52,64)(H,53,61)(H,54,62). The highest BCUT2D eigenvalue weighted by atomic mass is 35.5. The quantitative estimate of drug-likeness (QED) is 0.0484. The maximum Gasteiger partial charge on any atom is 0.258 e. The number of benzene rings is 5. The zero-order valence-electron chi connectivity index (χ0n) is 33.3. The van der Waals surface area contributed by atoms with Gasteiger partial charge in [-0.05, 0) is 112 Å². The topological polar surface area (TPSA) is 200 Å². The number of ketones is 2. The van der Waals surface area contributed by atoms with Gasteiger partial charge in [0.05, 0.1) is 74.1 Å². The number of azo groups is 2. The summed E-state index contributed by atoms with van der Waals surface area (Å²) in [5, 5.41) is 27.5. The number of aryl methyl sites for hydroxylation is 2. The van der Waals surface area contributed by atoms with Gasteiger partial charge in [-0.1, -0.05) is 92.8 Å². The summed E-state index contributed by atoms with van der Waals surface area (Å²) in [6.07, 6.45) is 0. The van der Waals surface area contributed by atoms with Gasteiger partial charge in [-0.3, -0.25) is 28.8 Å². The minimum Gasteiger partial charge on any atom is -0.324 e. The van der Waals surface area contributed by atoms with Crippen LogP contribution in [-0.2, 0) is 19.2 Å². The van der Waals surface area contributed by atoms with Crippen LogP contribution < -0.4 is 21.3 Å². The molecule has 0 aromatic heterocycles. The smallest absolute Gasteiger partial charge is 0.258 e. The Hall–Kier alpha value is -5.16. The Morgan fingerprint density at radius 1 is 0.422 bits per heavy atom. The molecule has 0 fully saturated rings. The summed E-state index contributed by atoms with van der Waals surface area (Å²) in [6.45, 7) is 5.57. The fraction of sp³-hybridized carbons (Fsp3) is 0.143. The van der Waals surface area contributed by atoms with Crippen molar-refractivity contribution in [2.45, 2.75) is 39.8 Å². The van der Waals surface area contributed by atoms with E-state index < -0.39 is 47.3 Å². The Morgan fingerprint density at radius 2 is 0.766 bits per heavy atom. The predicted octanol–water partition coefficient (Wildman–Crippen LogP) is 13.4. The Bertz CT molecular complexity index is 2630. The lowest BCUT2D eigenvalue weighted by Crippen LogP contribution is -2.32. The minimum atomic E-state index is -1.60. The molecule has 330 valence electrons. The first kappa shape index (κ1) is 49.8. The van der Waals surface area contributed by atoms with E-state index in [1.807, 2.05) is 0 Å². The number of halogens is 8. The van der Waals surface area contributed by atoms with Gasteiger partial charge in [0.25, 0.3) is 23.6 Å². The van der Waals surface area contributed by atoms with Gasteiger partial charge in [-0.15, -0.1) is 0 Å². The predicted molar refractivity (Wildman–Crippen MR) is 253 cm³/mol. The molecular weight excluding hydrogens is 996 g/mol. The number of hydrogen-bond donors (Lipinski definition) is 4. The summed E-state index contributed by atoms with van der Waals surface area (Å²) in [5.74, 6) is -4.27. The normalized spacial score (nSPS) is 12.2. The van der Waals surface area contributed by atoms with Gasteiger partial charge >= 0.3 is 0 Å². The number of anilines is 4. The van der Waals surface area contributed by atoms with Gasteiger partial charge in [0.2, 0.25) is 12.1 Å². The highest BCUT2D eigenvalue weighted by Crippen LogP contribution is 2.35. The molecule has 0 bridgehead atoms. The van der Waals surface area contributed by atoms with E-state index in [9.17, 15) is 28.8 Å². The van der Waals surface area contributed by atoms with Crippen molar-refractivity contribution < 1.29 is 28.8 Å². The van der Waals surface area contributed by atoms with Crippen LogP contribution in [0.1, 0.15) is 45.7 Å². The Morgan fingerprint density at radius 3 is 1.11 bits per heavy atom. The monoisotopic (exact) mass is 1020 g/mol. The molecule has 0 aliphatic heterocycles. The van der Waals surface area contributed by atoms with Gasteiger partial charge in [0.15, 0.2) is 11.6 Å². The molecule has 22 heteroatoms. The molecule has 4 amide bonds. The van der Waals surface area contributed by atoms with Crippen molar-refractivity contribution in [2.24, 2.45) is 20.5 Å². The molecule has 0 saturated carbocycles. The van der Waals surface area contributed by atoms with E-state index in [-0.39, 0.29) is 85.4 Å². The first-order valence-corrected chi connectivity index (χ1v) is 21.2. The minimum absolute atomic E-state index is 0.0224. The highest BCUT2D eigenvalue weighted by molar-refractivity contribution is 6.45. The SMILES string of the molecule is CC(=O)C(N=Nc1ccc(Cl)c(C(=O)Nc2cc(Cl)c(Cl)cc2Cl)c1)C(=O)Nc1cc(C)c(NC(=O)C(N=Nc2ccc(Cl)c(C(=O)Nc3cc(Cl)c(Cl)cc3Cl)c2)C(C)=O)cc1C. The summed E-state index contributed by atoms with van der Waals surface area (Å²) in [7, 11) is 0. The molecule has 0 aliphatic rings. The molecule has 5 aromatic rings. The van der Waals surface area contributed by atoms with Gasteiger partial charge in [0.1, 0.15) is 0 Å². The maximum absolute atomic E-state index is 13.4. The molecule has 0 radical (unpaired) electrons. The van der Waals surface area contributed by atoms with Crippen molar-refractivity contribution in [3.63, 3.8) is 0 Å². The number of hydrogen-bond acceptors (Lipinski definition) is 10. The van der Waals surface area contributed by atoms with Crippen LogP contribution in [0.4, 0.5) is 34.1 Å².